The fraction of sp³-hybridized carbons (Fsp3) is 0.385. The van der Waals surface area contributed by atoms with Gasteiger partial charge in [0.1, 0.15) is 5.82 Å². The van der Waals surface area contributed by atoms with Crippen LogP contribution in [0.2, 0.25) is 0 Å². The molecule has 0 amide bonds. The van der Waals surface area contributed by atoms with E-state index in [1.165, 1.54) is 0 Å². The molecule has 0 aromatic carbocycles. The number of imidazole rings is 1. The zero-order valence-corrected chi connectivity index (χ0v) is 10.5. The molecule has 0 saturated carbocycles. The average Bonchev–Trinajstić information content (AvgIpc) is 2.86. The highest BCUT2D eigenvalue weighted by Gasteiger charge is 2.17. The van der Waals surface area contributed by atoms with E-state index in [2.05, 4.69) is 37.7 Å². The van der Waals surface area contributed by atoms with Gasteiger partial charge in [-0.3, -0.25) is 4.98 Å². The lowest BCUT2D eigenvalue weighted by Gasteiger charge is -2.29. The lowest BCUT2D eigenvalue weighted by atomic mass is 10.3. The van der Waals surface area contributed by atoms with Crippen molar-refractivity contribution >= 4 is 11.4 Å². The predicted molar refractivity (Wildman–Crippen MR) is 71.7 cm³/mol. The highest BCUT2D eigenvalue weighted by molar-refractivity contribution is 5.55. The molecule has 0 radical (unpaired) electrons. The maximum atomic E-state index is 4.38. The third-order valence-corrected chi connectivity index (χ3v) is 3.21. The van der Waals surface area contributed by atoms with Gasteiger partial charge >= 0.3 is 0 Å². The van der Waals surface area contributed by atoms with Crippen LogP contribution in [0.4, 0.5) is 11.4 Å². The quantitative estimate of drug-likeness (QED) is 0.891. The number of nitrogens with zero attached hydrogens (tertiary/aromatic N) is 4. The summed E-state index contributed by atoms with van der Waals surface area (Å²) in [7, 11) is 0. The van der Waals surface area contributed by atoms with E-state index in [4.69, 9.17) is 0 Å². The summed E-state index contributed by atoms with van der Waals surface area (Å²) in [6.07, 6.45) is 7.68. The Balaban J connectivity index is 1.81. The zero-order valence-electron chi connectivity index (χ0n) is 10.5. The van der Waals surface area contributed by atoms with Crippen LogP contribution < -0.4 is 10.2 Å². The molecule has 0 spiro atoms. The number of pyridine rings is 1. The first-order valence-corrected chi connectivity index (χ1v) is 6.30. The van der Waals surface area contributed by atoms with E-state index in [0.29, 0.717) is 0 Å². The van der Waals surface area contributed by atoms with Crippen molar-refractivity contribution in [1.82, 2.24) is 14.5 Å². The minimum atomic E-state index is 0.851. The molecule has 1 N–H and O–H groups in total. The summed E-state index contributed by atoms with van der Waals surface area (Å²) >= 11 is 0. The lowest BCUT2D eigenvalue weighted by molar-refractivity contribution is 0.559. The summed E-state index contributed by atoms with van der Waals surface area (Å²) in [6.45, 7) is 5.84. The smallest absolute Gasteiger partial charge is 0.128 e. The van der Waals surface area contributed by atoms with Crippen LogP contribution >= 0.6 is 0 Å². The molecule has 3 rings (SSSR count). The van der Waals surface area contributed by atoms with Gasteiger partial charge in [0.2, 0.25) is 0 Å². The maximum Gasteiger partial charge on any atom is 0.128 e. The van der Waals surface area contributed by atoms with Crippen LogP contribution in [0.1, 0.15) is 12.7 Å². The number of rotatable bonds is 3. The molecule has 3 heterocycles. The fourth-order valence-electron chi connectivity index (χ4n) is 2.30. The Bertz CT molecular complexity index is 534. The average molecular weight is 243 g/mol. The molecule has 0 bridgehead atoms. The molecule has 5 heteroatoms. The molecular formula is C13H17N5. The van der Waals surface area contributed by atoms with Gasteiger partial charge < -0.3 is 14.8 Å². The van der Waals surface area contributed by atoms with E-state index in [9.17, 15) is 0 Å². The predicted octanol–water partition coefficient (Wildman–Crippen LogP) is 1.73. The van der Waals surface area contributed by atoms with E-state index < -0.39 is 0 Å². The molecule has 0 fully saturated rings. The molecular weight excluding hydrogens is 226 g/mol. The molecule has 94 valence electrons. The second kappa shape index (κ2) is 4.68. The van der Waals surface area contributed by atoms with Crippen molar-refractivity contribution in [2.24, 2.45) is 0 Å². The zero-order chi connectivity index (χ0) is 12.4. The Hall–Kier alpha value is -2.04. The molecule has 2 aromatic rings. The van der Waals surface area contributed by atoms with E-state index in [1.807, 2.05) is 24.8 Å². The largest absolute Gasteiger partial charge is 0.384 e. The number of aromatic nitrogens is 3. The van der Waals surface area contributed by atoms with Gasteiger partial charge in [-0.1, -0.05) is 0 Å². The topological polar surface area (TPSA) is 46.0 Å². The summed E-state index contributed by atoms with van der Waals surface area (Å²) in [5.74, 6) is 1.12. The van der Waals surface area contributed by atoms with E-state index >= 15 is 0 Å². The summed E-state index contributed by atoms with van der Waals surface area (Å²) < 4.78 is 2.21. The van der Waals surface area contributed by atoms with Gasteiger partial charge in [0, 0.05) is 32.0 Å². The van der Waals surface area contributed by atoms with E-state index in [0.717, 1.165) is 43.4 Å². The standard InChI is InChI=1S/C13H17N5/c1-2-15-11-7-12(9-14-8-11)18-6-5-17-4-3-16-13(17)10-18/h3-4,7-9,15H,2,5-6,10H2,1H3. The van der Waals surface area contributed by atoms with Gasteiger partial charge in [0.25, 0.3) is 0 Å². The van der Waals surface area contributed by atoms with Gasteiger partial charge in [0.15, 0.2) is 0 Å². The number of fused-ring (bicyclic) bond motifs is 1. The van der Waals surface area contributed by atoms with Gasteiger partial charge in [-0.05, 0) is 13.0 Å². The normalized spacial score (nSPS) is 14.4. The van der Waals surface area contributed by atoms with Crippen LogP contribution in [0.15, 0.2) is 30.9 Å². The first-order valence-electron chi connectivity index (χ1n) is 6.30. The molecule has 18 heavy (non-hydrogen) atoms. The Labute approximate surface area is 106 Å². The van der Waals surface area contributed by atoms with E-state index in [-0.39, 0.29) is 0 Å². The van der Waals surface area contributed by atoms with Gasteiger partial charge in [0.05, 0.1) is 30.3 Å². The summed E-state index contributed by atoms with van der Waals surface area (Å²) in [5.41, 5.74) is 2.23. The Morgan fingerprint density at radius 3 is 3.17 bits per heavy atom. The van der Waals surface area contributed by atoms with E-state index in [1.54, 1.807) is 0 Å². The number of hydrogen-bond donors (Lipinski definition) is 1. The van der Waals surface area contributed by atoms with Crippen LogP contribution in [-0.4, -0.2) is 27.6 Å². The highest BCUT2D eigenvalue weighted by Crippen LogP contribution is 2.22. The van der Waals surface area contributed by atoms with Gasteiger partial charge in [-0.15, -0.1) is 0 Å². The number of hydrogen-bond acceptors (Lipinski definition) is 4. The van der Waals surface area contributed by atoms with Crippen molar-refractivity contribution in [3.8, 4) is 0 Å². The third kappa shape index (κ3) is 2.03. The molecule has 1 aliphatic rings. The van der Waals surface area contributed by atoms with Gasteiger partial charge in [-0.2, -0.15) is 0 Å². The Kier molecular flexibility index (Phi) is 2.88. The Morgan fingerprint density at radius 1 is 1.33 bits per heavy atom. The van der Waals surface area contributed by atoms with Crippen molar-refractivity contribution in [2.45, 2.75) is 20.0 Å². The minimum Gasteiger partial charge on any atom is -0.384 e. The first-order chi connectivity index (χ1) is 8.86. The molecule has 1 aliphatic heterocycles. The summed E-state index contributed by atoms with van der Waals surface area (Å²) in [4.78, 5) is 11.0. The highest BCUT2D eigenvalue weighted by atomic mass is 15.2. The molecule has 0 saturated heterocycles. The monoisotopic (exact) mass is 243 g/mol. The van der Waals surface area contributed by atoms with Crippen molar-refractivity contribution in [1.29, 1.82) is 0 Å². The van der Waals surface area contributed by atoms with Crippen LogP contribution in [0, 0.1) is 0 Å². The van der Waals surface area contributed by atoms with Crippen molar-refractivity contribution in [2.75, 3.05) is 23.3 Å². The van der Waals surface area contributed by atoms with Crippen LogP contribution in [-0.2, 0) is 13.1 Å². The minimum absolute atomic E-state index is 0.851. The van der Waals surface area contributed by atoms with Gasteiger partial charge in [-0.25, -0.2) is 4.98 Å². The molecule has 0 aliphatic carbocycles. The van der Waals surface area contributed by atoms with Crippen molar-refractivity contribution in [3.63, 3.8) is 0 Å². The van der Waals surface area contributed by atoms with Crippen molar-refractivity contribution in [3.05, 3.63) is 36.7 Å². The lowest BCUT2D eigenvalue weighted by Crippen LogP contribution is -2.33. The van der Waals surface area contributed by atoms with Crippen LogP contribution in [0.25, 0.3) is 0 Å². The molecule has 5 nitrogen and oxygen atoms in total. The number of anilines is 2. The summed E-state index contributed by atoms with van der Waals surface area (Å²) in [6, 6.07) is 2.15. The fourth-order valence-corrected chi connectivity index (χ4v) is 2.30. The molecule has 0 unspecified atom stereocenters. The van der Waals surface area contributed by atoms with Crippen LogP contribution in [0.5, 0.6) is 0 Å². The molecule has 0 atom stereocenters. The molecule has 2 aromatic heterocycles. The maximum absolute atomic E-state index is 4.38. The van der Waals surface area contributed by atoms with Crippen LogP contribution in [0.3, 0.4) is 0 Å². The van der Waals surface area contributed by atoms with Crippen molar-refractivity contribution < 1.29 is 0 Å². The third-order valence-electron chi connectivity index (χ3n) is 3.21. The first kappa shape index (κ1) is 11.1. The Morgan fingerprint density at radius 2 is 2.28 bits per heavy atom. The SMILES string of the molecule is CCNc1cncc(N2CCn3ccnc3C2)c1. The second-order valence-corrected chi connectivity index (χ2v) is 4.42. The number of nitrogens with one attached hydrogen (secondary N) is 1. The summed E-state index contributed by atoms with van der Waals surface area (Å²) in [5, 5.41) is 3.29. The second-order valence-electron chi connectivity index (χ2n) is 4.42.